The average Bonchev–Trinajstić information content (AvgIpc) is 3.05. The number of benzene rings is 1. The lowest BCUT2D eigenvalue weighted by Gasteiger charge is -2.38. The fourth-order valence-electron chi connectivity index (χ4n) is 3.61. The Hall–Kier alpha value is -1.97. The second kappa shape index (κ2) is 11.3. The minimum absolute atomic E-state index is 0. The van der Waals surface area contributed by atoms with Crippen LogP contribution in [0.3, 0.4) is 0 Å². The van der Waals surface area contributed by atoms with E-state index in [-0.39, 0.29) is 24.0 Å². The summed E-state index contributed by atoms with van der Waals surface area (Å²) in [7, 11) is 1.73. The summed E-state index contributed by atoms with van der Waals surface area (Å²) >= 11 is 0. The molecule has 0 saturated carbocycles. The molecule has 1 aromatic carbocycles. The van der Waals surface area contributed by atoms with Gasteiger partial charge in [-0.1, -0.05) is 17.3 Å². The summed E-state index contributed by atoms with van der Waals surface area (Å²) in [5, 5.41) is 7.46. The van der Waals surface area contributed by atoms with Crippen LogP contribution in [-0.2, 0) is 6.42 Å². The largest absolute Gasteiger partial charge is 0.495 e. The number of aliphatic imine (C=N–C) groups is 1. The van der Waals surface area contributed by atoms with Crippen molar-refractivity contribution in [1.29, 1.82) is 0 Å². The Labute approximate surface area is 190 Å². The van der Waals surface area contributed by atoms with Crippen molar-refractivity contribution in [2.24, 2.45) is 4.99 Å². The van der Waals surface area contributed by atoms with Crippen LogP contribution >= 0.6 is 24.0 Å². The van der Waals surface area contributed by atoms with Crippen molar-refractivity contribution in [3.05, 3.63) is 41.3 Å². The molecule has 8 heteroatoms. The number of methoxy groups -OCH3 is 1. The van der Waals surface area contributed by atoms with Crippen LogP contribution in [0.15, 0.2) is 33.8 Å². The van der Waals surface area contributed by atoms with Gasteiger partial charge in [0.25, 0.3) is 0 Å². The number of rotatable bonds is 6. The number of ether oxygens (including phenoxy) is 1. The molecule has 1 N–H and O–H groups in total. The number of guanidine groups is 1. The molecule has 0 aliphatic carbocycles. The first-order chi connectivity index (χ1) is 13.6. The summed E-state index contributed by atoms with van der Waals surface area (Å²) in [6, 6.07) is 8.21. The number of anilines is 1. The summed E-state index contributed by atoms with van der Waals surface area (Å²) in [5.41, 5.74) is 3.29. The predicted octanol–water partition coefficient (Wildman–Crippen LogP) is 3.25. The number of piperazine rings is 1. The molecule has 1 aromatic heterocycles. The Balaban J connectivity index is 0.00000300. The zero-order chi connectivity index (χ0) is 19.9. The Morgan fingerprint density at radius 3 is 2.55 bits per heavy atom. The number of halogens is 1. The van der Waals surface area contributed by atoms with Crippen LogP contribution in [0.1, 0.15) is 23.9 Å². The van der Waals surface area contributed by atoms with Crippen LogP contribution in [0.5, 0.6) is 5.75 Å². The van der Waals surface area contributed by atoms with Gasteiger partial charge in [0.2, 0.25) is 0 Å². The molecule has 0 amide bonds. The highest BCUT2D eigenvalue weighted by molar-refractivity contribution is 14.0. The van der Waals surface area contributed by atoms with Crippen molar-refractivity contribution in [3.8, 4) is 5.75 Å². The summed E-state index contributed by atoms with van der Waals surface area (Å²) in [6.45, 7) is 11.4. The maximum absolute atomic E-state index is 5.52. The van der Waals surface area contributed by atoms with Crippen molar-refractivity contribution >= 4 is 35.6 Å². The van der Waals surface area contributed by atoms with Crippen molar-refractivity contribution in [2.75, 3.05) is 51.3 Å². The van der Waals surface area contributed by atoms with Crippen LogP contribution < -0.4 is 15.0 Å². The quantitative estimate of drug-likeness (QED) is 0.364. The Morgan fingerprint density at radius 1 is 1.21 bits per heavy atom. The minimum Gasteiger partial charge on any atom is -0.495 e. The molecule has 160 valence electrons. The molecule has 1 aliphatic rings. The Kier molecular flexibility index (Phi) is 9.06. The third-order valence-electron chi connectivity index (χ3n) is 5.14. The molecule has 7 nitrogen and oxygen atoms in total. The van der Waals surface area contributed by atoms with Gasteiger partial charge in [-0.15, -0.1) is 24.0 Å². The van der Waals surface area contributed by atoms with Crippen LogP contribution in [-0.4, -0.2) is 62.4 Å². The molecule has 2 heterocycles. The van der Waals surface area contributed by atoms with Gasteiger partial charge in [0.05, 0.1) is 18.5 Å². The molecule has 0 unspecified atom stereocenters. The predicted molar refractivity (Wildman–Crippen MR) is 128 cm³/mol. The molecule has 1 aliphatic heterocycles. The van der Waals surface area contributed by atoms with E-state index < -0.39 is 0 Å². The Morgan fingerprint density at radius 2 is 1.93 bits per heavy atom. The minimum atomic E-state index is 0. The fourth-order valence-corrected chi connectivity index (χ4v) is 3.61. The van der Waals surface area contributed by atoms with Gasteiger partial charge in [-0.25, -0.2) is 0 Å². The van der Waals surface area contributed by atoms with E-state index >= 15 is 0 Å². The highest BCUT2D eigenvalue weighted by Crippen LogP contribution is 2.28. The second-order valence-electron chi connectivity index (χ2n) is 6.93. The topological polar surface area (TPSA) is 66.1 Å². The molecular formula is C21H32IN5O2. The smallest absolute Gasteiger partial charge is 0.194 e. The van der Waals surface area contributed by atoms with Crippen LogP contribution in [0, 0.1) is 13.8 Å². The zero-order valence-electron chi connectivity index (χ0n) is 17.8. The van der Waals surface area contributed by atoms with E-state index in [1.165, 1.54) is 5.56 Å². The normalized spacial score (nSPS) is 14.6. The van der Waals surface area contributed by atoms with Crippen LogP contribution in [0.4, 0.5) is 5.69 Å². The van der Waals surface area contributed by atoms with Gasteiger partial charge >= 0.3 is 0 Å². The van der Waals surface area contributed by atoms with Gasteiger partial charge in [-0.3, -0.25) is 4.99 Å². The SMILES string of the molecule is CCNC(=NCCc1c(C)noc1C)N1CCN(c2ccccc2OC)CC1.I. The second-order valence-corrected chi connectivity index (χ2v) is 6.93. The molecule has 0 radical (unpaired) electrons. The summed E-state index contributed by atoms with van der Waals surface area (Å²) in [5.74, 6) is 2.80. The summed E-state index contributed by atoms with van der Waals surface area (Å²) < 4.78 is 10.8. The molecule has 0 atom stereocenters. The van der Waals surface area contributed by atoms with Gasteiger partial charge in [0.15, 0.2) is 5.96 Å². The lowest BCUT2D eigenvalue weighted by atomic mass is 10.1. The molecule has 1 saturated heterocycles. The van der Waals surface area contributed by atoms with Crippen LogP contribution in [0.25, 0.3) is 0 Å². The third-order valence-corrected chi connectivity index (χ3v) is 5.14. The van der Waals surface area contributed by atoms with Gasteiger partial charge in [0.1, 0.15) is 11.5 Å². The molecule has 29 heavy (non-hydrogen) atoms. The van der Waals surface area contributed by atoms with E-state index in [0.717, 1.165) is 74.5 Å². The first-order valence-electron chi connectivity index (χ1n) is 9.97. The maximum Gasteiger partial charge on any atom is 0.194 e. The number of nitrogens with one attached hydrogen (secondary N) is 1. The van der Waals surface area contributed by atoms with E-state index in [4.69, 9.17) is 14.3 Å². The van der Waals surface area contributed by atoms with E-state index in [9.17, 15) is 0 Å². The molecule has 0 bridgehead atoms. The molecule has 3 rings (SSSR count). The van der Waals surface area contributed by atoms with Crippen molar-refractivity contribution in [3.63, 3.8) is 0 Å². The van der Waals surface area contributed by atoms with E-state index in [1.54, 1.807) is 7.11 Å². The van der Waals surface area contributed by atoms with E-state index in [1.807, 2.05) is 26.0 Å². The average molecular weight is 513 g/mol. The number of nitrogens with zero attached hydrogens (tertiary/aromatic N) is 4. The fraction of sp³-hybridized carbons (Fsp3) is 0.524. The lowest BCUT2D eigenvalue weighted by Crippen LogP contribution is -2.52. The number of hydrogen-bond donors (Lipinski definition) is 1. The third kappa shape index (κ3) is 5.77. The van der Waals surface area contributed by atoms with Crippen LogP contribution in [0.2, 0.25) is 0 Å². The van der Waals surface area contributed by atoms with Crippen molar-refractivity contribution < 1.29 is 9.26 Å². The van der Waals surface area contributed by atoms with Crippen molar-refractivity contribution in [1.82, 2.24) is 15.4 Å². The zero-order valence-corrected chi connectivity index (χ0v) is 20.1. The summed E-state index contributed by atoms with van der Waals surface area (Å²) in [4.78, 5) is 9.56. The highest BCUT2D eigenvalue weighted by atomic mass is 127. The number of hydrogen-bond acceptors (Lipinski definition) is 5. The number of para-hydroxylation sites is 2. The van der Waals surface area contributed by atoms with Gasteiger partial charge in [0, 0.05) is 44.8 Å². The van der Waals surface area contributed by atoms with Crippen molar-refractivity contribution in [2.45, 2.75) is 27.2 Å². The monoisotopic (exact) mass is 513 g/mol. The number of aryl methyl sites for hydroxylation is 2. The standard InChI is InChI=1S/C21H31N5O2.HI/c1-5-22-21(23-11-10-18-16(2)24-28-17(18)3)26-14-12-25(13-15-26)19-8-6-7-9-20(19)27-4;/h6-9H,5,10-15H2,1-4H3,(H,22,23);1H. The molecular weight excluding hydrogens is 481 g/mol. The Bertz CT molecular complexity index is 781. The van der Waals surface area contributed by atoms with E-state index in [0.29, 0.717) is 0 Å². The first kappa shape index (κ1) is 23.3. The summed E-state index contributed by atoms with van der Waals surface area (Å²) in [6.07, 6.45) is 0.844. The number of aromatic nitrogens is 1. The lowest BCUT2D eigenvalue weighted by molar-refractivity contribution is 0.367. The maximum atomic E-state index is 5.52. The molecule has 1 fully saturated rings. The van der Waals surface area contributed by atoms with E-state index in [2.05, 4.69) is 39.3 Å². The molecule has 0 spiro atoms. The van der Waals surface area contributed by atoms with Gasteiger partial charge in [-0.2, -0.15) is 0 Å². The highest BCUT2D eigenvalue weighted by Gasteiger charge is 2.21. The first-order valence-corrected chi connectivity index (χ1v) is 9.97. The van der Waals surface area contributed by atoms with Gasteiger partial charge in [-0.05, 0) is 39.3 Å². The molecule has 2 aromatic rings. The van der Waals surface area contributed by atoms with Gasteiger partial charge < -0.3 is 24.4 Å².